The lowest BCUT2D eigenvalue weighted by Gasteiger charge is -2.17. The maximum atomic E-state index is 12.6. The molecule has 0 aliphatic heterocycles. The molecular weight excluding hydrogens is 324 g/mol. The van der Waals surface area contributed by atoms with Crippen molar-refractivity contribution in [1.82, 2.24) is 0 Å². The first-order valence-corrected chi connectivity index (χ1v) is 10.7. The maximum absolute atomic E-state index is 12.6. The average molecular weight is 363 g/mol. The van der Waals surface area contributed by atoms with Gasteiger partial charge in [-0.15, -0.1) is 0 Å². The highest BCUT2D eigenvalue weighted by Crippen LogP contribution is 2.21. The third-order valence-electron chi connectivity index (χ3n) is 4.72. The number of hydrogen-bond donors (Lipinski definition) is 0. The van der Waals surface area contributed by atoms with Gasteiger partial charge in [-0.25, -0.2) is 4.79 Å². The Morgan fingerprint density at radius 2 is 1.54 bits per heavy atom. The van der Waals surface area contributed by atoms with Crippen LogP contribution >= 0.6 is 0 Å². The van der Waals surface area contributed by atoms with Gasteiger partial charge in [0.25, 0.3) is 0 Å². The Kier molecular flexibility index (Phi) is 12.7. The third-order valence-corrected chi connectivity index (χ3v) is 4.72. The van der Waals surface area contributed by atoms with Crippen molar-refractivity contribution in [2.24, 2.45) is 0 Å². The van der Waals surface area contributed by atoms with E-state index in [4.69, 9.17) is 9.47 Å². The summed E-state index contributed by atoms with van der Waals surface area (Å²) in [6.07, 6.45) is 12.6. The van der Waals surface area contributed by atoms with E-state index in [9.17, 15) is 4.79 Å². The van der Waals surface area contributed by atoms with Crippen molar-refractivity contribution in [3.63, 3.8) is 0 Å². The summed E-state index contributed by atoms with van der Waals surface area (Å²) in [4.78, 5) is 12.6. The summed E-state index contributed by atoms with van der Waals surface area (Å²) in [5.74, 6) is 0.390. The number of benzene rings is 1. The molecule has 3 heteroatoms. The minimum Gasteiger partial charge on any atom is -0.493 e. The van der Waals surface area contributed by atoms with Gasteiger partial charge in [-0.1, -0.05) is 77.8 Å². The second-order valence-electron chi connectivity index (χ2n) is 7.04. The smallest absolute Gasteiger partial charge is 0.342 e. The van der Waals surface area contributed by atoms with Crippen LogP contribution in [0.1, 0.15) is 102 Å². The van der Waals surface area contributed by atoms with Gasteiger partial charge in [0.15, 0.2) is 0 Å². The molecule has 148 valence electrons. The summed E-state index contributed by atoms with van der Waals surface area (Å²) in [6, 6.07) is 7.45. The number of esters is 1. The molecule has 0 fully saturated rings. The second-order valence-corrected chi connectivity index (χ2v) is 7.04. The Morgan fingerprint density at radius 3 is 2.27 bits per heavy atom. The van der Waals surface area contributed by atoms with Crippen molar-refractivity contribution in [3.05, 3.63) is 29.8 Å². The summed E-state index contributed by atoms with van der Waals surface area (Å²) in [6.45, 7) is 7.14. The zero-order valence-corrected chi connectivity index (χ0v) is 17.1. The van der Waals surface area contributed by atoms with Gasteiger partial charge in [0.05, 0.1) is 6.61 Å². The predicted octanol–water partition coefficient (Wildman–Crippen LogP) is 6.94. The lowest BCUT2D eigenvalue weighted by Crippen LogP contribution is -2.18. The number of ether oxygens (including phenoxy) is 2. The fourth-order valence-electron chi connectivity index (χ4n) is 3.01. The van der Waals surface area contributed by atoms with Crippen molar-refractivity contribution in [3.8, 4) is 5.75 Å². The molecule has 0 bridgehead atoms. The van der Waals surface area contributed by atoms with Crippen molar-refractivity contribution < 1.29 is 14.3 Å². The number of unbranched alkanes of at least 4 members (excludes halogenated alkanes) is 7. The highest BCUT2D eigenvalue weighted by atomic mass is 16.5. The monoisotopic (exact) mass is 362 g/mol. The van der Waals surface area contributed by atoms with Crippen LogP contribution < -0.4 is 4.74 Å². The van der Waals surface area contributed by atoms with Gasteiger partial charge in [0, 0.05) is 0 Å². The molecule has 3 nitrogen and oxygen atoms in total. The first-order valence-electron chi connectivity index (χ1n) is 10.7. The minimum absolute atomic E-state index is 0.000622. The molecular formula is C23H38O3. The van der Waals surface area contributed by atoms with E-state index in [2.05, 4.69) is 20.8 Å². The van der Waals surface area contributed by atoms with Crippen molar-refractivity contribution in [2.75, 3.05) is 6.61 Å². The van der Waals surface area contributed by atoms with E-state index >= 15 is 0 Å². The van der Waals surface area contributed by atoms with Crippen LogP contribution in [0, 0.1) is 0 Å². The number of carbonyl (C=O) groups excluding carboxylic acids is 1. The largest absolute Gasteiger partial charge is 0.493 e. The molecule has 0 aromatic heterocycles. The van der Waals surface area contributed by atoms with Crippen molar-refractivity contribution in [1.29, 1.82) is 0 Å². The Hall–Kier alpha value is -1.51. The summed E-state index contributed by atoms with van der Waals surface area (Å²) >= 11 is 0. The van der Waals surface area contributed by atoms with Crippen LogP contribution in [0.4, 0.5) is 0 Å². The molecule has 1 rings (SSSR count). The summed E-state index contributed by atoms with van der Waals surface area (Å²) in [7, 11) is 0. The molecule has 0 N–H and O–H groups in total. The van der Waals surface area contributed by atoms with Crippen molar-refractivity contribution in [2.45, 2.75) is 97.5 Å². The first-order chi connectivity index (χ1) is 12.7. The molecule has 1 aromatic rings. The van der Waals surface area contributed by atoms with Gasteiger partial charge in [-0.2, -0.15) is 0 Å². The van der Waals surface area contributed by atoms with Gasteiger partial charge < -0.3 is 9.47 Å². The third kappa shape index (κ3) is 9.26. The number of hydrogen-bond acceptors (Lipinski definition) is 3. The molecule has 0 heterocycles. The van der Waals surface area contributed by atoms with Crippen LogP contribution in [-0.4, -0.2) is 18.7 Å². The maximum Gasteiger partial charge on any atom is 0.342 e. The zero-order valence-electron chi connectivity index (χ0n) is 17.1. The first kappa shape index (κ1) is 22.5. The molecule has 0 saturated heterocycles. The highest BCUT2D eigenvalue weighted by molar-refractivity contribution is 5.92. The molecule has 1 atom stereocenters. The summed E-state index contributed by atoms with van der Waals surface area (Å²) in [5.41, 5.74) is 0.549. The van der Waals surface area contributed by atoms with E-state index < -0.39 is 0 Å². The highest BCUT2D eigenvalue weighted by Gasteiger charge is 2.18. The lowest BCUT2D eigenvalue weighted by atomic mass is 10.1. The molecule has 0 radical (unpaired) electrons. The molecule has 0 aliphatic carbocycles. The molecule has 1 unspecified atom stereocenters. The van der Waals surface area contributed by atoms with Crippen LogP contribution in [0.5, 0.6) is 5.75 Å². The van der Waals surface area contributed by atoms with E-state index in [1.165, 1.54) is 44.9 Å². The fourth-order valence-corrected chi connectivity index (χ4v) is 3.01. The van der Waals surface area contributed by atoms with Gasteiger partial charge >= 0.3 is 5.97 Å². The molecule has 0 saturated carbocycles. The van der Waals surface area contributed by atoms with Crippen LogP contribution in [0.3, 0.4) is 0 Å². The van der Waals surface area contributed by atoms with E-state index in [1.54, 1.807) is 6.07 Å². The lowest BCUT2D eigenvalue weighted by molar-refractivity contribution is 0.0263. The minimum atomic E-state index is -0.258. The Balaban J connectivity index is 2.46. The van der Waals surface area contributed by atoms with Gasteiger partial charge in [0.2, 0.25) is 0 Å². The normalized spacial score (nSPS) is 12.0. The number of para-hydroxylation sites is 1. The van der Waals surface area contributed by atoms with E-state index in [0.29, 0.717) is 17.9 Å². The van der Waals surface area contributed by atoms with Crippen molar-refractivity contribution >= 4 is 5.97 Å². The topological polar surface area (TPSA) is 35.5 Å². The van der Waals surface area contributed by atoms with E-state index in [0.717, 1.165) is 25.7 Å². The predicted molar refractivity (Wildman–Crippen MR) is 109 cm³/mol. The number of rotatable bonds is 15. The van der Waals surface area contributed by atoms with Crippen LogP contribution in [0.15, 0.2) is 24.3 Å². The summed E-state index contributed by atoms with van der Waals surface area (Å²) < 4.78 is 11.6. The van der Waals surface area contributed by atoms with E-state index in [-0.39, 0.29) is 12.1 Å². The molecule has 1 aromatic carbocycles. The van der Waals surface area contributed by atoms with Gasteiger partial charge in [0.1, 0.15) is 17.4 Å². The van der Waals surface area contributed by atoms with Crippen LogP contribution in [0.2, 0.25) is 0 Å². The Labute approximate surface area is 160 Å². The molecule has 0 aliphatic rings. The van der Waals surface area contributed by atoms with Crippen LogP contribution in [0.25, 0.3) is 0 Å². The Bertz CT molecular complexity index is 484. The zero-order chi connectivity index (χ0) is 19.0. The van der Waals surface area contributed by atoms with Gasteiger partial charge in [-0.05, 0) is 37.8 Å². The standard InChI is InChI=1S/C23H38O3/c1-4-7-9-10-11-15-19-25-22-18-14-13-17-21(22)23(24)26-20(6-3)16-12-8-5-2/h13-14,17-18,20H,4-12,15-16,19H2,1-3H3. The number of carbonyl (C=O) groups is 1. The molecule has 0 amide bonds. The van der Waals surface area contributed by atoms with Crippen LogP contribution in [-0.2, 0) is 4.74 Å². The van der Waals surface area contributed by atoms with E-state index in [1.807, 2.05) is 18.2 Å². The quantitative estimate of drug-likeness (QED) is 0.250. The second kappa shape index (κ2) is 14.6. The fraction of sp³-hybridized carbons (Fsp3) is 0.696. The van der Waals surface area contributed by atoms with Gasteiger partial charge in [-0.3, -0.25) is 0 Å². The average Bonchev–Trinajstić information content (AvgIpc) is 2.66. The summed E-state index contributed by atoms with van der Waals surface area (Å²) in [5, 5.41) is 0. The molecule has 26 heavy (non-hydrogen) atoms. The SMILES string of the molecule is CCCCCCCCOc1ccccc1C(=O)OC(CC)CCCCC. The Morgan fingerprint density at radius 1 is 0.885 bits per heavy atom. The molecule has 0 spiro atoms.